The van der Waals surface area contributed by atoms with E-state index in [-0.39, 0.29) is 16.5 Å². The SMILES string of the molecule is Cc1c(-c2ccc(C(=O)Nc3ccccc3)cc2)sc(C(=O)O)c1OCC(=O)O. The normalized spacial score (nSPS) is 10.4. The van der Waals surface area contributed by atoms with Crippen molar-refractivity contribution in [3.05, 3.63) is 70.6 Å². The van der Waals surface area contributed by atoms with E-state index in [2.05, 4.69) is 5.32 Å². The molecule has 0 saturated carbocycles. The molecule has 0 unspecified atom stereocenters. The van der Waals surface area contributed by atoms with Gasteiger partial charge in [-0.15, -0.1) is 11.3 Å². The van der Waals surface area contributed by atoms with Gasteiger partial charge in [0, 0.05) is 21.7 Å². The summed E-state index contributed by atoms with van der Waals surface area (Å²) in [5.74, 6) is -2.60. The smallest absolute Gasteiger partial charge is 0.349 e. The number of aromatic carboxylic acids is 1. The van der Waals surface area contributed by atoms with E-state index >= 15 is 0 Å². The number of anilines is 1. The molecule has 3 aromatic rings. The van der Waals surface area contributed by atoms with E-state index in [0.29, 0.717) is 27.3 Å². The summed E-state index contributed by atoms with van der Waals surface area (Å²) < 4.78 is 5.19. The zero-order valence-corrected chi connectivity index (χ0v) is 16.2. The van der Waals surface area contributed by atoms with Crippen molar-refractivity contribution < 1.29 is 29.3 Å². The molecule has 0 aliphatic carbocycles. The molecule has 0 aliphatic rings. The summed E-state index contributed by atoms with van der Waals surface area (Å²) in [7, 11) is 0. The Kier molecular flexibility index (Phi) is 5.94. The lowest BCUT2D eigenvalue weighted by atomic mass is 10.1. The van der Waals surface area contributed by atoms with Crippen LogP contribution in [-0.4, -0.2) is 34.7 Å². The van der Waals surface area contributed by atoms with Crippen LogP contribution in [0.25, 0.3) is 10.4 Å². The number of ether oxygens (including phenoxy) is 1. The molecule has 7 nitrogen and oxygen atoms in total. The van der Waals surface area contributed by atoms with Gasteiger partial charge in [-0.3, -0.25) is 4.79 Å². The lowest BCUT2D eigenvalue weighted by molar-refractivity contribution is -0.139. The van der Waals surface area contributed by atoms with Crippen molar-refractivity contribution in [1.82, 2.24) is 0 Å². The largest absolute Gasteiger partial charge is 0.480 e. The fraction of sp³-hybridized carbons (Fsp3) is 0.0952. The first-order valence-electron chi connectivity index (χ1n) is 8.55. The molecule has 29 heavy (non-hydrogen) atoms. The van der Waals surface area contributed by atoms with Gasteiger partial charge in [-0.2, -0.15) is 0 Å². The Morgan fingerprint density at radius 3 is 2.24 bits per heavy atom. The highest BCUT2D eigenvalue weighted by atomic mass is 32.1. The third-order valence-electron chi connectivity index (χ3n) is 4.07. The molecule has 1 amide bonds. The Bertz CT molecular complexity index is 1060. The van der Waals surface area contributed by atoms with Gasteiger partial charge in [-0.25, -0.2) is 9.59 Å². The number of rotatable bonds is 7. The van der Waals surface area contributed by atoms with Crippen LogP contribution in [0.4, 0.5) is 5.69 Å². The number of benzene rings is 2. The number of hydrogen-bond donors (Lipinski definition) is 3. The first kappa shape index (κ1) is 20.1. The molecule has 3 N–H and O–H groups in total. The Morgan fingerprint density at radius 2 is 1.66 bits per heavy atom. The van der Waals surface area contributed by atoms with Crippen LogP contribution < -0.4 is 10.1 Å². The molecule has 0 radical (unpaired) electrons. The van der Waals surface area contributed by atoms with Crippen molar-refractivity contribution in [3.8, 4) is 16.2 Å². The van der Waals surface area contributed by atoms with Crippen molar-refractivity contribution in [3.63, 3.8) is 0 Å². The number of carbonyl (C=O) groups is 3. The summed E-state index contributed by atoms with van der Waals surface area (Å²) in [5, 5.41) is 21.0. The molecular formula is C21H17NO6S. The van der Waals surface area contributed by atoms with Crippen molar-refractivity contribution in [2.45, 2.75) is 6.92 Å². The third-order valence-corrected chi connectivity index (χ3v) is 5.38. The lowest BCUT2D eigenvalue weighted by Gasteiger charge is -2.07. The van der Waals surface area contributed by atoms with Crippen LogP contribution in [0.1, 0.15) is 25.6 Å². The van der Waals surface area contributed by atoms with Gasteiger partial charge in [-0.1, -0.05) is 30.3 Å². The average Bonchev–Trinajstić information content (AvgIpc) is 3.04. The van der Waals surface area contributed by atoms with Crippen molar-refractivity contribution in [1.29, 1.82) is 0 Å². The molecule has 148 valence electrons. The molecule has 0 bridgehead atoms. The number of nitrogens with one attached hydrogen (secondary N) is 1. The topological polar surface area (TPSA) is 113 Å². The zero-order valence-electron chi connectivity index (χ0n) is 15.3. The Morgan fingerprint density at radius 1 is 1.00 bits per heavy atom. The maximum atomic E-state index is 12.4. The Hall–Kier alpha value is -3.65. The molecule has 0 spiro atoms. The van der Waals surface area contributed by atoms with Crippen LogP contribution in [0.15, 0.2) is 54.6 Å². The highest BCUT2D eigenvalue weighted by Crippen LogP contribution is 2.41. The van der Waals surface area contributed by atoms with Gasteiger partial charge in [0.1, 0.15) is 5.75 Å². The van der Waals surface area contributed by atoms with E-state index in [1.165, 1.54) is 0 Å². The van der Waals surface area contributed by atoms with Gasteiger partial charge in [0.2, 0.25) is 0 Å². The Labute approximate surface area is 170 Å². The third kappa shape index (κ3) is 4.61. The van der Waals surface area contributed by atoms with E-state index in [0.717, 1.165) is 11.3 Å². The molecule has 8 heteroatoms. The predicted molar refractivity (Wildman–Crippen MR) is 109 cm³/mol. The first-order valence-corrected chi connectivity index (χ1v) is 9.36. The van der Waals surface area contributed by atoms with Crippen LogP contribution >= 0.6 is 11.3 Å². The number of carbonyl (C=O) groups excluding carboxylic acids is 1. The van der Waals surface area contributed by atoms with Crippen molar-refractivity contribution in [2.75, 3.05) is 11.9 Å². The van der Waals surface area contributed by atoms with Gasteiger partial charge >= 0.3 is 11.9 Å². The van der Waals surface area contributed by atoms with E-state index < -0.39 is 18.5 Å². The fourth-order valence-electron chi connectivity index (χ4n) is 2.72. The first-order chi connectivity index (χ1) is 13.9. The van der Waals surface area contributed by atoms with Crippen LogP contribution in [0, 0.1) is 6.92 Å². The number of thiophene rings is 1. The number of hydrogen-bond acceptors (Lipinski definition) is 5. The van der Waals surface area contributed by atoms with Crippen LogP contribution in [-0.2, 0) is 4.79 Å². The number of para-hydroxylation sites is 1. The summed E-state index contributed by atoms with van der Waals surface area (Å²) in [5.41, 5.74) is 2.38. The van der Waals surface area contributed by atoms with E-state index in [1.807, 2.05) is 18.2 Å². The molecule has 0 fully saturated rings. The van der Waals surface area contributed by atoms with Crippen molar-refractivity contribution in [2.24, 2.45) is 0 Å². The maximum absolute atomic E-state index is 12.4. The molecule has 0 aliphatic heterocycles. The number of carboxylic acids is 2. The molecule has 0 atom stereocenters. The summed E-state index contributed by atoms with van der Waals surface area (Å²) in [6.07, 6.45) is 0. The second-order valence-corrected chi connectivity index (χ2v) is 7.12. The predicted octanol–water partition coefficient (Wildman–Crippen LogP) is 4.14. The minimum absolute atomic E-state index is 0.0470. The molecule has 2 aromatic carbocycles. The van der Waals surface area contributed by atoms with Crippen LogP contribution in [0.2, 0.25) is 0 Å². The second kappa shape index (κ2) is 8.57. The highest BCUT2D eigenvalue weighted by Gasteiger charge is 2.23. The highest BCUT2D eigenvalue weighted by molar-refractivity contribution is 7.18. The maximum Gasteiger partial charge on any atom is 0.349 e. The van der Waals surface area contributed by atoms with Gasteiger partial charge < -0.3 is 20.3 Å². The molecule has 1 aromatic heterocycles. The minimum atomic E-state index is -1.19. The van der Waals surface area contributed by atoms with Gasteiger partial charge in [0.15, 0.2) is 11.5 Å². The summed E-state index contributed by atoms with van der Waals surface area (Å²) in [4.78, 5) is 35.2. The van der Waals surface area contributed by atoms with Crippen molar-refractivity contribution >= 4 is 34.9 Å². The van der Waals surface area contributed by atoms with Crippen LogP contribution in [0.5, 0.6) is 5.75 Å². The molecule has 0 saturated heterocycles. The molecule has 1 heterocycles. The monoisotopic (exact) mass is 411 g/mol. The minimum Gasteiger partial charge on any atom is -0.480 e. The quantitative estimate of drug-likeness (QED) is 0.539. The number of aliphatic carboxylic acids is 1. The molecule has 3 rings (SSSR count). The van der Waals surface area contributed by atoms with E-state index in [1.54, 1.807) is 43.3 Å². The fourth-order valence-corrected chi connectivity index (χ4v) is 3.82. The summed E-state index contributed by atoms with van der Waals surface area (Å²) in [6.45, 7) is 1.04. The average molecular weight is 411 g/mol. The zero-order chi connectivity index (χ0) is 21.0. The van der Waals surface area contributed by atoms with Crippen LogP contribution in [0.3, 0.4) is 0 Å². The van der Waals surface area contributed by atoms with E-state index in [4.69, 9.17) is 9.84 Å². The van der Waals surface area contributed by atoms with Gasteiger partial charge in [0.05, 0.1) is 0 Å². The summed E-state index contributed by atoms with van der Waals surface area (Å²) >= 11 is 0.998. The standard InChI is InChI=1S/C21H17NO6S/c1-12-17(28-11-16(23)24)19(21(26)27)29-18(12)13-7-9-14(10-8-13)20(25)22-15-5-3-2-4-6-15/h2-10H,11H2,1H3,(H,22,25)(H,23,24)(H,26,27). The number of amides is 1. The Balaban J connectivity index is 1.85. The van der Waals surface area contributed by atoms with Gasteiger partial charge in [-0.05, 0) is 36.8 Å². The molecular weight excluding hydrogens is 394 g/mol. The second-order valence-electron chi connectivity index (χ2n) is 6.10. The number of carboxylic acid groups (broad SMARTS) is 2. The lowest BCUT2D eigenvalue weighted by Crippen LogP contribution is -2.11. The van der Waals surface area contributed by atoms with E-state index in [9.17, 15) is 19.5 Å². The summed E-state index contributed by atoms with van der Waals surface area (Å²) in [6, 6.07) is 15.8. The van der Waals surface area contributed by atoms with Gasteiger partial charge in [0.25, 0.3) is 5.91 Å².